The fourth-order valence-electron chi connectivity index (χ4n) is 3.30. The summed E-state index contributed by atoms with van der Waals surface area (Å²) < 4.78 is 26.9. The molecule has 27 heavy (non-hydrogen) atoms. The molecule has 2 aromatic carbocycles. The van der Waals surface area contributed by atoms with Gasteiger partial charge in [0.25, 0.3) is 0 Å². The van der Waals surface area contributed by atoms with Crippen LogP contribution < -0.4 is 5.73 Å². The van der Waals surface area contributed by atoms with Crippen molar-refractivity contribution < 1.29 is 13.6 Å². The number of piperidine rings is 1. The van der Waals surface area contributed by atoms with Crippen LogP contribution in [0.5, 0.6) is 0 Å². The van der Waals surface area contributed by atoms with Crippen molar-refractivity contribution in [3.8, 4) is 0 Å². The van der Waals surface area contributed by atoms with Crippen molar-refractivity contribution in [2.75, 3.05) is 13.1 Å². The van der Waals surface area contributed by atoms with E-state index in [-0.39, 0.29) is 17.4 Å². The Hall–Kier alpha value is -1.92. The highest BCUT2D eigenvalue weighted by molar-refractivity contribution is 8.00. The Bertz CT molecular complexity index is 813. The Morgan fingerprint density at radius 3 is 2.52 bits per heavy atom. The molecule has 1 aliphatic rings. The number of carbonyl (C=O) groups is 1. The predicted octanol–water partition coefficient (Wildman–Crippen LogP) is 4.38. The minimum Gasteiger partial charge on any atom is -0.341 e. The maximum atomic E-state index is 13.6. The van der Waals surface area contributed by atoms with Gasteiger partial charge in [-0.3, -0.25) is 4.79 Å². The smallest absolute Gasteiger partial charge is 0.240 e. The summed E-state index contributed by atoms with van der Waals surface area (Å²) in [7, 11) is 0. The monoisotopic (exact) mass is 390 g/mol. The normalized spacial score (nSPS) is 20.3. The number of halogens is 2. The van der Waals surface area contributed by atoms with Crippen molar-refractivity contribution >= 4 is 17.7 Å². The summed E-state index contributed by atoms with van der Waals surface area (Å²) in [5.74, 6) is -1.84. The standard InChI is InChI=1S/C21H24F2N2OS/c1-21(2)13-25(11-10-18(21)24)20(26)19(14-6-4-3-5-7-14)27-15-8-9-16(22)17(23)12-15/h3-9,12,18-19H,10-11,13,24H2,1-2H3. The van der Waals surface area contributed by atoms with Crippen molar-refractivity contribution in [2.45, 2.75) is 36.5 Å². The quantitative estimate of drug-likeness (QED) is 0.788. The number of nitrogens with two attached hydrogens (primary N) is 1. The number of rotatable bonds is 4. The number of hydrogen-bond donors (Lipinski definition) is 1. The van der Waals surface area contributed by atoms with Gasteiger partial charge in [-0.1, -0.05) is 44.2 Å². The molecule has 1 aliphatic heterocycles. The molecule has 0 aliphatic carbocycles. The van der Waals surface area contributed by atoms with Gasteiger partial charge in [-0.2, -0.15) is 0 Å². The number of hydrogen-bond acceptors (Lipinski definition) is 3. The van der Waals surface area contributed by atoms with Gasteiger partial charge in [0.2, 0.25) is 5.91 Å². The van der Waals surface area contributed by atoms with Crippen LogP contribution in [0.15, 0.2) is 53.4 Å². The lowest BCUT2D eigenvalue weighted by atomic mass is 9.79. The molecule has 144 valence electrons. The molecular formula is C21H24F2N2OS. The van der Waals surface area contributed by atoms with Crippen molar-refractivity contribution in [1.29, 1.82) is 0 Å². The van der Waals surface area contributed by atoms with Gasteiger partial charge in [-0.15, -0.1) is 11.8 Å². The van der Waals surface area contributed by atoms with E-state index in [0.717, 1.165) is 24.1 Å². The third-order valence-corrected chi connectivity index (χ3v) is 6.33. The second kappa shape index (κ2) is 7.98. The number of likely N-dealkylation sites (tertiary alicyclic amines) is 1. The lowest BCUT2D eigenvalue weighted by Gasteiger charge is -2.43. The van der Waals surface area contributed by atoms with E-state index < -0.39 is 16.9 Å². The molecule has 0 radical (unpaired) electrons. The lowest BCUT2D eigenvalue weighted by Crippen LogP contribution is -2.54. The molecule has 1 fully saturated rings. The molecule has 2 atom stereocenters. The van der Waals surface area contributed by atoms with E-state index in [9.17, 15) is 13.6 Å². The van der Waals surface area contributed by atoms with Gasteiger partial charge in [0.15, 0.2) is 11.6 Å². The Morgan fingerprint density at radius 1 is 1.19 bits per heavy atom. The second-order valence-electron chi connectivity index (χ2n) is 7.63. The fraction of sp³-hybridized carbons (Fsp3) is 0.381. The summed E-state index contributed by atoms with van der Waals surface area (Å²) >= 11 is 1.24. The average Bonchev–Trinajstić information content (AvgIpc) is 2.65. The number of nitrogens with zero attached hydrogens (tertiary/aromatic N) is 1. The summed E-state index contributed by atoms with van der Waals surface area (Å²) in [6, 6.07) is 13.2. The van der Waals surface area contributed by atoms with Crippen molar-refractivity contribution in [3.63, 3.8) is 0 Å². The van der Waals surface area contributed by atoms with Gasteiger partial charge in [-0.25, -0.2) is 8.78 Å². The third kappa shape index (κ3) is 4.50. The van der Waals surface area contributed by atoms with Gasteiger partial charge < -0.3 is 10.6 Å². The average molecular weight is 390 g/mol. The number of carbonyl (C=O) groups excluding carboxylic acids is 1. The molecule has 0 aromatic heterocycles. The maximum Gasteiger partial charge on any atom is 0.240 e. The van der Waals surface area contributed by atoms with Crippen LogP contribution in [0.1, 0.15) is 31.1 Å². The Kier molecular flexibility index (Phi) is 5.86. The van der Waals surface area contributed by atoms with Gasteiger partial charge >= 0.3 is 0 Å². The summed E-state index contributed by atoms with van der Waals surface area (Å²) in [5, 5.41) is -0.527. The maximum absolute atomic E-state index is 13.6. The Balaban J connectivity index is 1.88. The molecule has 2 unspecified atom stereocenters. The van der Waals surface area contributed by atoms with Crippen LogP contribution in [-0.2, 0) is 4.79 Å². The summed E-state index contributed by atoms with van der Waals surface area (Å²) in [6.07, 6.45) is 0.746. The largest absolute Gasteiger partial charge is 0.341 e. The first-order valence-electron chi connectivity index (χ1n) is 8.99. The van der Waals surface area contributed by atoms with E-state index in [2.05, 4.69) is 13.8 Å². The van der Waals surface area contributed by atoms with E-state index in [1.54, 1.807) is 0 Å². The molecule has 0 bridgehead atoms. The first-order chi connectivity index (χ1) is 12.8. The van der Waals surface area contributed by atoms with Crippen LogP contribution in [0.4, 0.5) is 8.78 Å². The highest BCUT2D eigenvalue weighted by atomic mass is 32.2. The molecule has 2 aromatic rings. The topological polar surface area (TPSA) is 46.3 Å². The predicted molar refractivity (Wildman–Crippen MR) is 104 cm³/mol. The Labute approximate surface area is 162 Å². The summed E-state index contributed by atoms with van der Waals surface area (Å²) in [5.41, 5.74) is 6.87. The van der Waals surface area contributed by atoms with Crippen molar-refractivity contribution in [2.24, 2.45) is 11.1 Å². The molecule has 1 amide bonds. The first kappa shape index (κ1) is 19.8. The second-order valence-corrected chi connectivity index (χ2v) is 8.81. The third-order valence-electron chi connectivity index (χ3n) is 5.10. The molecule has 1 heterocycles. The van der Waals surface area contributed by atoms with Gasteiger partial charge in [0.1, 0.15) is 5.25 Å². The number of amides is 1. The molecule has 1 saturated heterocycles. The summed E-state index contributed by atoms with van der Waals surface area (Å²) in [4.78, 5) is 15.7. The Morgan fingerprint density at radius 2 is 1.89 bits per heavy atom. The molecule has 2 N–H and O–H groups in total. The molecule has 0 saturated carbocycles. The van der Waals surface area contributed by atoms with Crippen LogP contribution in [0.2, 0.25) is 0 Å². The molecular weight excluding hydrogens is 366 g/mol. The van der Waals surface area contributed by atoms with E-state index in [0.29, 0.717) is 18.0 Å². The van der Waals surface area contributed by atoms with Crippen molar-refractivity contribution in [1.82, 2.24) is 4.90 Å². The highest BCUT2D eigenvalue weighted by Crippen LogP contribution is 2.39. The molecule has 3 rings (SSSR count). The fourth-order valence-corrected chi connectivity index (χ4v) is 4.44. The van der Waals surface area contributed by atoms with Gasteiger partial charge in [-0.05, 0) is 35.6 Å². The van der Waals surface area contributed by atoms with E-state index in [4.69, 9.17) is 5.73 Å². The van der Waals surface area contributed by atoms with Crippen LogP contribution in [0, 0.1) is 17.0 Å². The van der Waals surface area contributed by atoms with Crippen LogP contribution in [0.25, 0.3) is 0 Å². The zero-order valence-corrected chi connectivity index (χ0v) is 16.3. The molecule has 6 heteroatoms. The summed E-state index contributed by atoms with van der Waals surface area (Å²) in [6.45, 7) is 5.31. The van der Waals surface area contributed by atoms with E-state index in [1.165, 1.54) is 17.8 Å². The van der Waals surface area contributed by atoms with Crippen LogP contribution in [0.3, 0.4) is 0 Å². The number of benzene rings is 2. The minimum absolute atomic E-state index is 0.0316. The van der Waals surface area contributed by atoms with Crippen LogP contribution in [-0.4, -0.2) is 29.9 Å². The molecule has 0 spiro atoms. The first-order valence-corrected chi connectivity index (χ1v) is 9.87. The molecule has 3 nitrogen and oxygen atoms in total. The van der Waals surface area contributed by atoms with Gasteiger partial charge in [0, 0.05) is 24.0 Å². The van der Waals surface area contributed by atoms with E-state index in [1.807, 2.05) is 35.2 Å². The zero-order valence-electron chi connectivity index (χ0n) is 15.5. The van der Waals surface area contributed by atoms with Gasteiger partial charge in [0.05, 0.1) is 0 Å². The minimum atomic E-state index is -0.913. The SMILES string of the molecule is CC1(C)CN(C(=O)C(Sc2ccc(F)c(F)c2)c2ccccc2)CCC1N. The number of thioether (sulfide) groups is 1. The zero-order chi connectivity index (χ0) is 19.6. The van der Waals surface area contributed by atoms with Crippen LogP contribution >= 0.6 is 11.8 Å². The highest BCUT2D eigenvalue weighted by Gasteiger charge is 2.38. The van der Waals surface area contributed by atoms with E-state index >= 15 is 0 Å². The lowest BCUT2D eigenvalue weighted by molar-refractivity contribution is -0.134. The van der Waals surface area contributed by atoms with Crippen molar-refractivity contribution in [3.05, 3.63) is 65.7 Å².